The van der Waals surface area contributed by atoms with Gasteiger partial charge in [-0.15, -0.1) is 11.8 Å². The molecule has 1 aliphatic rings. The summed E-state index contributed by atoms with van der Waals surface area (Å²) in [5, 5.41) is 11.6. The summed E-state index contributed by atoms with van der Waals surface area (Å²) in [5.41, 5.74) is 0.561. The van der Waals surface area contributed by atoms with Gasteiger partial charge in [-0.2, -0.15) is 0 Å². The number of thioether (sulfide) groups is 1. The molecule has 0 saturated heterocycles. The molecule has 0 spiro atoms. The molecule has 1 aromatic rings. The van der Waals surface area contributed by atoms with Crippen molar-refractivity contribution < 1.29 is 14.7 Å². The first-order valence-electron chi connectivity index (χ1n) is 8.76. The van der Waals surface area contributed by atoms with Gasteiger partial charge in [0.25, 0.3) is 5.91 Å². The van der Waals surface area contributed by atoms with Gasteiger partial charge in [0.05, 0.1) is 5.56 Å². The largest absolute Gasteiger partial charge is 0.480 e. The summed E-state index contributed by atoms with van der Waals surface area (Å²) < 4.78 is 0. The number of nitrogens with one attached hydrogen (secondary N) is 1. The number of aliphatic carboxylic acids is 1. The van der Waals surface area contributed by atoms with Gasteiger partial charge in [0.15, 0.2) is 0 Å². The molecule has 2 rings (SSSR count). The van der Waals surface area contributed by atoms with E-state index in [0.717, 1.165) is 11.3 Å². The normalized spacial score (nSPS) is 17.9. The van der Waals surface area contributed by atoms with Crippen LogP contribution in [0.3, 0.4) is 0 Å². The second kappa shape index (κ2) is 9.11. The second-order valence-electron chi connectivity index (χ2n) is 6.71. The van der Waals surface area contributed by atoms with Crippen LogP contribution in [0.15, 0.2) is 29.2 Å². The van der Waals surface area contributed by atoms with Gasteiger partial charge in [-0.05, 0) is 38.3 Å². The first kappa shape index (κ1) is 18.8. The number of amides is 1. The Balaban J connectivity index is 1.97. The maximum absolute atomic E-state index is 12.6. The molecule has 1 unspecified atom stereocenters. The van der Waals surface area contributed by atoms with Crippen LogP contribution in [0.5, 0.6) is 0 Å². The molecule has 0 radical (unpaired) electrons. The molecule has 0 aliphatic heterocycles. The van der Waals surface area contributed by atoms with Crippen LogP contribution >= 0.6 is 11.8 Å². The summed E-state index contributed by atoms with van der Waals surface area (Å²) in [6.07, 6.45) is 7.50. The fraction of sp³-hybridized carbons (Fsp3) is 0.579. The molecule has 2 N–H and O–H groups in total. The topological polar surface area (TPSA) is 66.4 Å². The van der Waals surface area contributed by atoms with E-state index in [1.54, 1.807) is 13.0 Å². The maximum Gasteiger partial charge on any atom is 0.316 e. The van der Waals surface area contributed by atoms with Crippen molar-refractivity contribution in [2.24, 2.45) is 5.92 Å². The number of carbonyl (C=O) groups excluding carboxylic acids is 1. The van der Waals surface area contributed by atoms with E-state index in [4.69, 9.17) is 5.11 Å². The van der Waals surface area contributed by atoms with E-state index in [2.05, 4.69) is 12.2 Å². The first-order valence-corrected chi connectivity index (χ1v) is 9.64. The molecule has 4 nitrogen and oxygen atoms in total. The van der Waals surface area contributed by atoms with Crippen molar-refractivity contribution in [2.45, 2.75) is 68.6 Å². The molecule has 1 aliphatic carbocycles. The summed E-state index contributed by atoms with van der Waals surface area (Å²) in [4.78, 5) is 24.4. The monoisotopic (exact) mass is 349 g/mol. The Morgan fingerprint density at radius 1 is 1.21 bits per heavy atom. The van der Waals surface area contributed by atoms with E-state index in [1.807, 2.05) is 18.2 Å². The van der Waals surface area contributed by atoms with Gasteiger partial charge in [0.1, 0.15) is 5.25 Å². The first-order chi connectivity index (χ1) is 11.5. The van der Waals surface area contributed by atoms with Crippen molar-refractivity contribution in [1.29, 1.82) is 0 Å². The highest BCUT2D eigenvalue weighted by Crippen LogP contribution is 2.29. The van der Waals surface area contributed by atoms with Crippen LogP contribution in [0.2, 0.25) is 0 Å². The number of benzene rings is 1. The summed E-state index contributed by atoms with van der Waals surface area (Å²) in [5.74, 6) is -0.273. The van der Waals surface area contributed by atoms with Crippen molar-refractivity contribution >= 4 is 23.6 Å². The van der Waals surface area contributed by atoms with E-state index in [9.17, 15) is 9.59 Å². The second-order valence-corrected chi connectivity index (χ2v) is 8.09. The molecule has 0 aromatic heterocycles. The Labute approximate surface area is 148 Å². The van der Waals surface area contributed by atoms with Crippen LogP contribution < -0.4 is 5.32 Å². The van der Waals surface area contributed by atoms with E-state index in [-0.39, 0.29) is 11.9 Å². The minimum Gasteiger partial charge on any atom is -0.480 e. The van der Waals surface area contributed by atoms with Gasteiger partial charge in [-0.1, -0.05) is 44.2 Å². The van der Waals surface area contributed by atoms with Gasteiger partial charge < -0.3 is 10.4 Å². The minimum absolute atomic E-state index is 0.112. The summed E-state index contributed by atoms with van der Waals surface area (Å²) in [7, 11) is 0. The zero-order valence-corrected chi connectivity index (χ0v) is 15.3. The number of rotatable bonds is 7. The van der Waals surface area contributed by atoms with E-state index in [0.29, 0.717) is 11.5 Å². The van der Waals surface area contributed by atoms with Crippen LogP contribution in [-0.4, -0.2) is 28.3 Å². The Hall–Kier alpha value is -1.49. The molecular weight excluding hydrogens is 322 g/mol. The summed E-state index contributed by atoms with van der Waals surface area (Å²) in [6, 6.07) is 7.36. The fourth-order valence-electron chi connectivity index (χ4n) is 3.28. The number of carboxylic acid groups (broad SMARTS) is 1. The Morgan fingerprint density at radius 3 is 2.54 bits per heavy atom. The summed E-state index contributed by atoms with van der Waals surface area (Å²) >= 11 is 1.21. The van der Waals surface area contributed by atoms with Crippen LogP contribution in [0.4, 0.5) is 0 Å². The van der Waals surface area contributed by atoms with Crippen LogP contribution in [-0.2, 0) is 4.79 Å². The number of hydrogen-bond donors (Lipinski definition) is 2. The van der Waals surface area contributed by atoms with Crippen molar-refractivity contribution in [3.05, 3.63) is 29.8 Å². The molecule has 132 valence electrons. The van der Waals surface area contributed by atoms with Gasteiger partial charge in [0.2, 0.25) is 0 Å². The lowest BCUT2D eigenvalue weighted by Gasteiger charge is -2.25. The molecule has 1 fully saturated rings. The van der Waals surface area contributed by atoms with Gasteiger partial charge in [-0.25, -0.2) is 0 Å². The van der Waals surface area contributed by atoms with Crippen molar-refractivity contribution in [3.8, 4) is 0 Å². The predicted molar refractivity (Wildman–Crippen MR) is 97.5 cm³/mol. The lowest BCUT2D eigenvalue weighted by molar-refractivity contribution is -0.136. The SMILES string of the molecule is CC(Sc1ccccc1C(=O)N[C@H](C)CC1CCCCC1)C(=O)O. The third kappa shape index (κ3) is 5.55. The standard InChI is InChI=1S/C19H27NO3S/c1-13(12-15-8-4-3-5-9-15)20-18(21)16-10-6-7-11-17(16)24-14(2)19(22)23/h6-7,10-11,13-15H,3-5,8-9,12H2,1-2H3,(H,20,21)(H,22,23)/t13-,14?/m1/s1. The van der Waals surface area contributed by atoms with Gasteiger partial charge >= 0.3 is 5.97 Å². The van der Waals surface area contributed by atoms with E-state index < -0.39 is 11.2 Å². The van der Waals surface area contributed by atoms with Crippen LogP contribution in [0.25, 0.3) is 0 Å². The van der Waals surface area contributed by atoms with Gasteiger partial charge in [0, 0.05) is 10.9 Å². The average molecular weight is 349 g/mol. The highest BCUT2D eigenvalue weighted by molar-refractivity contribution is 8.00. The number of carbonyl (C=O) groups is 2. The highest BCUT2D eigenvalue weighted by Gasteiger charge is 2.21. The highest BCUT2D eigenvalue weighted by atomic mass is 32.2. The van der Waals surface area contributed by atoms with E-state index >= 15 is 0 Å². The number of hydrogen-bond acceptors (Lipinski definition) is 3. The minimum atomic E-state index is -0.874. The van der Waals surface area contributed by atoms with Crippen molar-refractivity contribution in [3.63, 3.8) is 0 Å². The molecule has 1 saturated carbocycles. The molecular formula is C19H27NO3S. The third-order valence-corrected chi connectivity index (χ3v) is 5.74. The Kier molecular flexibility index (Phi) is 7.16. The number of carboxylic acids is 1. The summed E-state index contributed by atoms with van der Waals surface area (Å²) in [6.45, 7) is 3.69. The smallest absolute Gasteiger partial charge is 0.316 e. The molecule has 24 heavy (non-hydrogen) atoms. The Bertz CT molecular complexity index is 569. The average Bonchev–Trinajstić information content (AvgIpc) is 2.55. The lowest BCUT2D eigenvalue weighted by atomic mass is 9.85. The predicted octanol–water partition coefficient (Wildman–Crippen LogP) is 4.34. The van der Waals surface area contributed by atoms with Crippen LogP contribution in [0, 0.1) is 5.92 Å². The Morgan fingerprint density at radius 2 is 1.88 bits per heavy atom. The zero-order chi connectivity index (χ0) is 17.5. The molecule has 1 aromatic carbocycles. The molecule has 0 bridgehead atoms. The quantitative estimate of drug-likeness (QED) is 0.719. The van der Waals surface area contributed by atoms with Gasteiger partial charge in [-0.3, -0.25) is 9.59 Å². The fourth-order valence-corrected chi connectivity index (χ4v) is 4.21. The van der Waals surface area contributed by atoms with Crippen molar-refractivity contribution in [2.75, 3.05) is 0 Å². The maximum atomic E-state index is 12.6. The molecule has 5 heteroatoms. The molecule has 0 heterocycles. The molecule has 2 atom stereocenters. The van der Waals surface area contributed by atoms with Crippen LogP contribution in [0.1, 0.15) is 62.7 Å². The lowest BCUT2D eigenvalue weighted by Crippen LogP contribution is -2.34. The molecule has 1 amide bonds. The van der Waals surface area contributed by atoms with Crippen molar-refractivity contribution in [1.82, 2.24) is 5.32 Å². The van der Waals surface area contributed by atoms with E-state index in [1.165, 1.54) is 43.9 Å². The third-order valence-electron chi connectivity index (χ3n) is 4.57. The zero-order valence-electron chi connectivity index (χ0n) is 14.5.